The maximum absolute atomic E-state index is 11.5. The second-order valence-corrected chi connectivity index (χ2v) is 8.26. The van der Waals surface area contributed by atoms with Gasteiger partial charge in [0.25, 0.3) is 0 Å². The smallest absolute Gasteiger partial charge is 0.211 e. The molecule has 1 rings (SSSR count). The van der Waals surface area contributed by atoms with Gasteiger partial charge in [0.05, 0.1) is 6.26 Å². The van der Waals surface area contributed by atoms with Gasteiger partial charge in [-0.1, -0.05) is 20.8 Å². The Balaban J connectivity index is 2.35. The van der Waals surface area contributed by atoms with E-state index in [2.05, 4.69) is 31.0 Å². The molecule has 0 saturated carbocycles. The first kappa shape index (κ1) is 16.9. The highest BCUT2D eigenvalue weighted by atomic mass is 32.2. The van der Waals surface area contributed by atoms with Crippen LogP contribution in [-0.2, 0) is 10.0 Å². The van der Waals surface area contributed by atoms with Gasteiger partial charge in [0.15, 0.2) is 0 Å². The molecule has 0 radical (unpaired) electrons. The van der Waals surface area contributed by atoms with Gasteiger partial charge in [0.1, 0.15) is 0 Å². The van der Waals surface area contributed by atoms with Crippen molar-refractivity contribution >= 4 is 10.0 Å². The molecular formula is C13H29N3O2S. The number of nitrogens with zero attached hydrogens (tertiary/aromatic N) is 2. The van der Waals surface area contributed by atoms with Crippen LogP contribution in [0.5, 0.6) is 0 Å². The highest BCUT2D eigenvalue weighted by Crippen LogP contribution is 2.17. The lowest BCUT2D eigenvalue weighted by molar-refractivity contribution is 0.131. The molecule has 1 N–H and O–H groups in total. The van der Waals surface area contributed by atoms with Gasteiger partial charge in [0.2, 0.25) is 10.0 Å². The van der Waals surface area contributed by atoms with Gasteiger partial charge < -0.3 is 10.2 Å². The summed E-state index contributed by atoms with van der Waals surface area (Å²) in [5.41, 5.74) is 0.225. The van der Waals surface area contributed by atoms with Crippen LogP contribution < -0.4 is 5.32 Å². The molecule has 19 heavy (non-hydrogen) atoms. The second-order valence-electron chi connectivity index (χ2n) is 6.28. The van der Waals surface area contributed by atoms with E-state index in [0.29, 0.717) is 13.1 Å². The quantitative estimate of drug-likeness (QED) is 0.698. The summed E-state index contributed by atoms with van der Waals surface area (Å²) < 4.78 is 24.5. The molecule has 0 bridgehead atoms. The van der Waals surface area contributed by atoms with Gasteiger partial charge in [-0.3, -0.25) is 0 Å². The normalized spacial score (nSPS) is 19.8. The van der Waals surface area contributed by atoms with E-state index >= 15 is 0 Å². The number of sulfonamides is 1. The van der Waals surface area contributed by atoms with Gasteiger partial charge in [0, 0.05) is 39.3 Å². The Morgan fingerprint density at radius 1 is 1.16 bits per heavy atom. The summed E-state index contributed by atoms with van der Waals surface area (Å²) in [6.07, 6.45) is 2.45. The molecule has 0 aliphatic carbocycles. The topological polar surface area (TPSA) is 52.6 Å². The predicted molar refractivity (Wildman–Crippen MR) is 79.8 cm³/mol. The maximum atomic E-state index is 11.5. The molecule has 1 heterocycles. The zero-order valence-electron chi connectivity index (χ0n) is 12.8. The fraction of sp³-hybridized carbons (Fsp3) is 1.00. The summed E-state index contributed by atoms with van der Waals surface area (Å²) in [5.74, 6) is 0. The number of rotatable bonds is 7. The van der Waals surface area contributed by atoms with E-state index < -0.39 is 10.0 Å². The molecule has 0 aromatic heterocycles. The Kier molecular flexibility index (Phi) is 6.23. The Bertz CT molecular complexity index is 360. The Morgan fingerprint density at radius 2 is 1.74 bits per heavy atom. The molecular weight excluding hydrogens is 262 g/mol. The first-order chi connectivity index (χ1) is 8.74. The first-order valence-corrected chi connectivity index (χ1v) is 8.97. The summed E-state index contributed by atoms with van der Waals surface area (Å²) in [6, 6.07) is 0. The third kappa shape index (κ3) is 6.21. The van der Waals surface area contributed by atoms with Crippen LogP contribution in [0.2, 0.25) is 0 Å². The third-order valence-corrected chi connectivity index (χ3v) is 4.79. The number of hydrogen-bond donors (Lipinski definition) is 1. The third-order valence-electron chi connectivity index (χ3n) is 3.48. The van der Waals surface area contributed by atoms with Gasteiger partial charge in [-0.25, -0.2) is 8.42 Å². The van der Waals surface area contributed by atoms with Crippen LogP contribution in [0.15, 0.2) is 0 Å². The van der Waals surface area contributed by atoms with Gasteiger partial charge in [-0.05, 0) is 18.4 Å². The Morgan fingerprint density at radius 3 is 2.21 bits per heavy atom. The van der Waals surface area contributed by atoms with E-state index in [0.717, 1.165) is 39.1 Å². The maximum Gasteiger partial charge on any atom is 0.211 e. The van der Waals surface area contributed by atoms with Crippen LogP contribution >= 0.6 is 0 Å². The molecule has 0 amide bonds. The molecule has 0 aromatic rings. The minimum Gasteiger partial charge on any atom is -0.316 e. The Hall–Kier alpha value is -0.170. The minimum atomic E-state index is -3.02. The summed E-state index contributed by atoms with van der Waals surface area (Å²) in [5, 5.41) is 3.46. The van der Waals surface area contributed by atoms with Crippen LogP contribution in [0.1, 0.15) is 27.2 Å². The summed E-state index contributed by atoms with van der Waals surface area (Å²) in [7, 11) is -3.02. The molecule has 0 aromatic carbocycles. The molecule has 0 unspecified atom stereocenters. The van der Waals surface area contributed by atoms with E-state index in [4.69, 9.17) is 0 Å². The van der Waals surface area contributed by atoms with Gasteiger partial charge in [-0.15, -0.1) is 0 Å². The van der Waals surface area contributed by atoms with Crippen LogP contribution in [0.25, 0.3) is 0 Å². The number of hydrogen-bond acceptors (Lipinski definition) is 4. The van der Waals surface area contributed by atoms with Crippen molar-refractivity contribution in [3.05, 3.63) is 0 Å². The standard InChI is InChI=1S/C13H29N3O2S/c1-5-6-14-11-13(2,3)12-15-7-9-16(10-8-15)19(4,17)18/h14H,5-12H2,1-4H3. The highest BCUT2D eigenvalue weighted by molar-refractivity contribution is 7.88. The van der Waals surface area contributed by atoms with E-state index in [-0.39, 0.29) is 5.41 Å². The highest BCUT2D eigenvalue weighted by Gasteiger charge is 2.27. The van der Waals surface area contributed by atoms with Crippen molar-refractivity contribution in [1.29, 1.82) is 0 Å². The van der Waals surface area contributed by atoms with Crippen molar-refractivity contribution in [2.24, 2.45) is 5.41 Å². The summed E-state index contributed by atoms with van der Waals surface area (Å²) >= 11 is 0. The SMILES string of the molecule is CCCNCC(C)(C)CN1CCN(S(C)(=O)=O)CC1. The molecule has 1 saturated heterocycles. The minimum absolute atomic E-state index is 0.225. The van der Waals surface area contributed by atoms with Crippen LogP contribution in [0.3, 0.4) is 0 Å². The lowest BCUT2D eigenvalue weighted by atomic mass is 9.92. The fourth-order valence-corrected chi connectivity index (χ4v) is 3.31. The Labute approximate surface area is 118 Å². The summed E-state index contributed by atoms with van der Waals surface area (Å²) in [4.78, 5) is 2.37. The van der Waals surface area contributed by atoms with Gasteiger partial charge in [-0.2, -0.15) is 4.31 Å². The molecule has 1 aliphatic heterocycles. The first-order valence-electron chi connectivity index (χ1n) is 7.13. The molecule has 1 fully saturated rings. The predicted octanol–water partition coefficient (Wildman–Crippen LogP) is 0.589. The second kappa shape index (κ2) is 7.02. The van der Waals surface area contributed by atoms with E-state index in [1.165, 1.54) is 6.26 Å². The van der Waals surface area contributed by atoms with Crippen LogP contribution in [-0.4, -0.2) is 69.7 Å². The number of piperazine rings is 1. The van der Waals surface area contributed by atoms with Crippen LogP contribution in [0.4, 0.5) is 0 Å². The molecule has 114 valence electrons. The van der Waals surface area contributed by atoms with E-state index in [1.54, 1.807) is 4.31 Å². The summed E-state index contributed by atoms with van der Waals surface area (Å²) in [6.45, 7) is 12.7. The van der Waals surface area contributed by atoms with E-state index in [1.807, 2.05) is 0 Å². The lowest BCUT2D eigenvalue weighted by Gasteiger charge is -2.38. The van der Waals surface area contributed by atoms with Crippen molar-refractivity contribution in [2.45, 2.75) is 27.2 Å². The molecule has 6 heteroatoms. The zero-order valence-corrected chi connectivity index (χ0v) is 13.6. The molecule has 0 spiro atoms. The fourth-order valence-electron chi connectivity index (χ4n) is 2.48. The van der Waals surface area contributed by atoms with Crippen molar-refractivity contribution in [2.75, 3.05) is 52.1 Å². The van der Waals surface area contributed by atoms with Crippen molar-refractivity contribution in [3.8, 4) is 0 Å². The van der Waals surface area contributed by atoms with E-state index in [9.17, 15) is 8.42 Å². The molecule has 5 nitrogen and oxygen atoms in total. The zero-order chi connectivity index (χ0) is 14.5. The molecule has 1 aliphatic rings. The van der Waals surface area contributed by atoms with Crippen molar-refractivity contribution in [3.63, 3.8) is 0 Å². The largest absolute Gasteiger partial charge is 0.316 e. The van der Waals surface area contributed by atoms with Crippen molar-refractivity contribution < 1.29 is 8.42 Å². The van der Waals surface area contributed by atoms with Crippen molar-refractivity contribution in [1.82, 2.24) is 14.5 Å². The monoisotopic (exact) mass is 291 g/mol. The number of nitrogens with one attached hydrogen (secondary N) is 1. The molecule has 0 atom stereocenters. The lowest BCUT2D eigenvalue weighted by Crippen LogP contribution is -2.51. The average Bonchev–Trinajstić information content (AvgIpc) is 2.28. The van der Waals surface area contributed by atoms with Crippen LogP contribution in [0, 0.1) is 5.41 Å². The average molecular weight is 291 g/mol. The van der Waals surface area contributed by atoms with Gasteiger partial charge >= 0.3 is 0 Å².